The van der Waals surface area contributed by atoms with E-state index in [1.807, 2.05) is 11.0 Å². The maximum absolute atomic E-state index is 9.06. The largest absolute Gasteiger partial charge is 0.381 e. The Bertz CT molecular complexity index is 346. The van der Waals surface area contributed by atoms with E-state index in [4.69, 9.17) is 5.11 Å². The molecule has 14 heavy (non-hydrogen) atoms. The summed E-state index contributed by atoms with van der Waals surface area (Å²) in [5.74, 6) is 0. The highest BCUT2D eigenvalue weighted by Crippen LogP contribution is 2.25. The first-order valence-electron chi connectivity index (χ1n) is 4.89. The van der Waals surface area contributed by atoms with Gasteiger partial charge in [-0.3, -0.25) is 4.90 Å². The van der Waals surface area contributed by atoms with Crippen molar-refractivity contribution in [1.82, 2.24) is 4.90 Å². The summed E-state index contributed by atoms with van der Waals surface area (Å²) in [6.45, 7) is 5.64. The number of hydrogen-bond acceptors (Lipinski definition) is 2. The maximum atomic E-state index is 9.06. The molecule has 1 aromatic rings. The number of benzene rings is 1. The van der Waals surface area contributed by atoms with Crippen LogP contribution in [0.25, 0.3) is 0 Å². The number of aliphatic hydroxyl groups excluding tert-OH is 1. The SMILES string of the molecule is C=CCc1cccc2c1CN(CO)C2. The van der Waals surface area contributed by atoms with Crippen LogP contribution in [0.2, 0.25) is 0 Å². The van der Waals surface area contributed by atoms with Gasteiger partial charge in [0.2, 0.25) is 0 Å². The van der Waals surface area contributed by atoms with E-state index in [2.05, 4.69) is 24.8 Å². The van der Waals surface area contributed by atoms with Crippen molar-refractivity contribution in [2.24, 2.45) is 0 Å². The minimum atomic E-state index is 0.141. The van der Waals surface area contributed by atoms with Crippen molar-refractivity contribution in [1.29, 1.82) is 0 Å². The molecule has 1 aliphatic heterocycles. The van der Waals surface area contributed by atoms with E-state index in [1.54, 1.807) is 0 Å². The summed E-state index contributed by atoms with van der Waals surface area (Å²) in [4.78, 5) is 2.03. The van der Waals surface area contributed by atoms with Crippen molar-refractivity contribution in [3.63, 3.8) is 0 Å². The summed E-state index contributed by atoms with van der Waals surface area (Å²) >= 11 is 0. The molecule has 0 saturated carbocycles. The lowest BCUT2D eigenvalue weighted by atomic mass is 10.0. The third-order valence-corrected chi connectivity index (χ3v) is 2.71. The Hall–Kier alpha value is -1.12. The normalized spacial score (nSPS) is 15.5. The predicted molar refractivity (Wildman–Crippen MR) is 56.7 cm³/mol. The first-order valence-corrected chi connectivity index (χ1v) is 4.89. The van der Waals surface area contributed by atoms with Gasteiger partial charge in [-0.05, 0) is 23.1 Å². The monoisotopic (exact) mass is 189 g/mol. The van der Waals surface area contributed by atoms with Gasteiger partial charge in [0.1, 0.15) is 0 Å². The van der Waals surface area contributed by atoms with E-state index in [-0.39, 0.29) is 6.73 Å². The smallest absolute Gasteiger partial charge is 0.0962 e. The topological polar surface area (TPSA) is 23.5 Å². The second-order valence-corrected chi connectivity index (χ2v) is 3.68. The molecule has 0 fully saturated rings. The quantitative estimate of drug-likeness (QED) is 0.731. The molecule has 0 radical (unpaired) electrons. The Labute approximate surface area is 84.5 Å². The zero-order valence-electron chi connectivity index (χ0n) is 8.24. The standard InChI is InChI=1S/C12H15NO/c1-2-4-10-5-3-6-11-7-13(9-14)8-12(10)11/h2-3,5-6,14H,1,4,7-9H2. The molecule has 2 nitrogen and oxygen atoms in total. The highest BCUT2D eigenvalue weighted by molar-refractivity contribution is 5.38. The van der Waals surface area contributed by atoms with Crippen LogP contribution in [0.1, 0.15) is 16.7 Å². The summed E-state index contributed by atoms with van der Waals surface area (Å²) in [6, 6.07) is 6.36. The Morgan fingerprint density at radius 2 is 2.29 bits per heavy atom. The number of hydrogen-bond donors (Lipinski definition) is 1. The van der Waals surface area contributed by atoms with E-state index < -0.39 is 0 Å². The molecule has 0 atom stereocenters. The average molecular weight is 189 g/mol. The van der Waals surface area contributed by atoms with E-state index >= 15 is 0 Å². The summed E-state index contributed by atoms with van der Waals surface area (Å²) in [5, 5.41) is 9.06. The fourth-order valence-corrected chi connectivity index (χ4v) is 2.01. The lowest BCUT2D eigenvalue weighted by molar-refractivity contribution is 0.106. The highest BCUT2D eigenvalue weighted by Gasteiger charge is 2.19. The predicted octanol–water partition coefficient (Wildman–Crippen LogP) is 1.68. The molecule has 0 amide bonds. The molecular weight excluding hydrogens is 174 g/mol. The molecule has 0 saturated heterocycles. The first-order chi connectivity index (χ1) is 6.85. The van der Waals surface area contributed by atoms with Gasteiger partial charge in [0, 0.05) is 13.1 Å². The zero-order valence-corrected chi connectivity index (χ0v) is 8.24. The number of aliphatic hydroxyl groups is 1. The molecule has 2 heteroatoms. The van der Waals surface area contributed by atoms with Gasteiger partial charge in [-0.15, -0.1) is 6.58 Å². The summed E-state index contributed by atoms with van der Waals surface area (Å²) in [7, 11) is 0. The number of nitrogens with zero attached hydrogens (tertiary/aromatic N) is 1. The third kappa shape index (κ3) is 1.59. The van der Waals surface area contributed by atoms with Gasteiger partial charge >= 0.3 is 0 Å². The maximum Gasteiger partial charge on any atom is 0.0962 e. The van der Waals surface area contributed by atoms with Gasteiger partial charge in [0.25, 0.3) is 0 Å². The van der Waals surface area contributed by atoms with Gasteiger partial charge in [-0.25, -0.2) is 0 Å². The van der Waals surface area contributed by atoms with Crippen LogP contribution < -0.4 is 0 Å². The molecule has 0 unspecified atom stereocenters. The molecule has 0 aliphatic carbocycles. The van der Waals surface area contributed by atoms with Crippen LogP contribution in [0.4, 0.5) is 0 Å². The molecule has 0 bridgehead atoms. The van der Waals surface area contributed by atoms with Gasteiger partial charge in [-0.1, -0.05) is 24.3 Å². The summed E-state index contributed by atoms with van der Waals surface area (Å²) in [6.07, 6.45) is 2.85. The minimum Gasteiger partial charge on any atom is -0.381 e. The lowest BCUT2D eigenvalue weighted by Crippen LogP contribution is -2.16. The van der Waals surface area contributed by atoms with Crippen LogP contribution in [0.5, 0.6) is 0 Å². The fourth-order valence-electron chi connectivity index (χ4n) is 2.01. The number of allylic oxidation sites excluding steroid dienone is 1. The van der Waals surface area contributed by atoms with Crippen LogP contribution in [0, 0.1) is 0 Å². The summed E-state index contributed by atoms with van der Waals surface area (Å²) < 4.78 is 0. The number of rotatable bonds is 3. The molecule has 1 N–H and O–H groups in total. The van der Waals surface area contributed by atoms with Gasteiger partial charge in [0.15, 0.2) is 0 Å². The molecule has 0 spiro atoms. The first kappa shape index (κ1) is 9.44. The van der Waals surface area contributed by atoms with Crippen molar-refractivity contribution in [3.05, 3.63) is 47.5 Å². The lowest BCUT2D eigenvalue weighted by Gasteiger charge is -2.09. The van der Waals surface area contributed by atoms with E-state index in [0.717, 1.165) is 19.5 Å². The minimum absolute atomic E-state index is 0.141. The van der Waals surface area contributed by atoms with Crippen LogP contribution >= 0.6 is 0 Å². The van der Waals surface area contributed by atoms with Crippen molar-refractivity contribution in [2.75, 3.05) is 6.73 Å². The average Bonchev–Trinajstić information content (AvgIpc) is 2.62. The Balaban J connectivity index is 2.31. The molecular formula is C12H15NO. The Kier molecular flexibility index (Phi) is 2.66. The van der Waals surface area contributed by atoms with Gasteiger partial charge in [0.05, 0.1) is 6.73 Å². The molecule has 1 aromatic carbocycles. The molecule has 0 aromatic heterocycles. The van der Waals surface area contributed by atoms with Crippen molar-refractivity contribution in [3.8, 4) is 0 Å². The van der Waals surface area contributed by atoms with Crippen LogP contribution in [0.15, 0.2) is 30.9 Å². The number of fused-ring (bicyclic) bond motifs is 1. The van der Waals surface area contributed by atoms with E-state index in [9.17, 15) is 0 Å². The third-order valence-electron chi connectivity index (χ3n) is 2.71. The van der Waals surface area contributed by atoms with Crippen LogP contribution in [0.3, 0.4) is 0 Å². The van der Waals surface area contributed by atoms with Crippen molar-refractivity contribution < 1.29 is 5.11 Å². The van der Waals surface area contributed by atoms with Crippen LogP contribution in [-0.4, -0.2) is 16.7 Å². The molecule has 1 heterocycles. The Morgan fingerprint density at radius 3 is 3.00 bits per heavy atom. The highest BCUT2D eigenvalue weighted by atomic mass is 16.3. The van der Waals surface area contributed by atoms with Gasteiger partial charge < -0.3 is 5.11 Å². The van der Waals surface area contributed by atoms with Crippen molar-refractivity contribution in [2.45, 2.75) is 19.5 Å². The molecule has 2 rings (SSSR count). The zero-order chi connectivity index (χ0) is 9.97. The summed E-state index contributed by atoms with van der Waals surface area (Å²) in [5.41, 5.74) is 4.06. The second-order valence-electron chi connectivity index (χ2n) is 3.68. The van der Waals surface area contributed by atoms with E-state index in [0.29, 0.717) is 0 Å². The van der Waals surface area contributed by atoms with Crippen LogP contribution in [-0.2, 0) is 19.5 Å². The van der Waals surface area contributed by atoms with Gasteiger partial charge in [-0.2, -0.15) is 0 Å². The second kappa shape index (κ2) is 3.95. The Morgan fingerprint density at radius 1 is 1.43 bits per heavy atom. The molecule has 1 aliphatic rings. The fraction of sp³-hybridized carbons (Fsp3) is 0.333. The molecule has 74 valence electrons. The van der Waals surface area contributed by atoms with Crippen molar-refractivity contribution >= 4 is 0 Å². The van der Waals surface area contributed by atoms with E-state index in [1.165, 1.54) is 16.7 Å².